The highest BCUT2D eigenvalue weighted by atomic mass is 16.5. The molecule has 0 spiro atoms. The van der Waals surface area contributed by atoms with Crippen molar-refractivity contribution in [1.82, 2.24) is 9.97 Å². The molecule has 0 radical (unpaired) electrons. The molecule has 1 heterocycles. The Bertz CT molecular complexity index is 428. The minimum Gasteiger partial charge on any atom is -0.477 e. The fraction of sp³-hybridized carbons (Fsp3) is 0.750. The van der Waals surface area contributed by atoms with Gasteiger partial charge in [-0.05, 0) is 12.3 Å². The van der Waals surface area contributed by atoms with Crippen LogP contribution in [-0.4, -0.2) is 36.8 Å². The van der Waals surface area contributed by atoms with Gasteiger partial charge >= 0.3 is 0 Å². The maximum absolute atomic E-state index is 5.76. The minimum atomic E-state index is -0.111. The lowest BCUT2D eigenvalue weighted by atomic mass is 9.96. The molecule has 21 heavy (non-hydrogen) atoms. The third-order valence-electron chi connectivity index (χ3n) is 2.77. The van der Waals surface area contributed by atoms with E-state index in [4.69, 9.17) is 9.47 Å². The molecule has 5 nitrogen and oxygen atoms in total. The van der Waals surface area contributed by atoms with E-state index in [2.05, 4.69) is 49.9 Å². The molecule has 0 saturated heterocycles. The van der Waals surface area contributed by atoms with Gasteiger partial charge in [0.2, 0.25) is 5.88 Å². The third kappa shape index (κ3) is 6.76. The molecule has 0 aliphatic carbocycles. The lowest BCUT2D eigenvalue weighted by molar-refractivity contribution is 0.197. The normalized spacial score (nSPS) is 11.8. The lowest BCUT2D eigenvalue weighted by Gasteiger charge is -2.19. The molecule has 0 unspecified atom stereocenters. The molecule has 0 amide bonds. The van der Waals surface area contributed by atoms with E-state index in [-0.39, 0.29) is 5.41 Å². The highest BCUT2D eigenvalue weighted by Crippen LogP contribution is 2.23. The average Bonchev–Trinajstić information content (AvgIpc) is 2.40. The number of nitrogens with zero attached hydrogens (tertiary/aromatic N) is 2. The SMILES string of the molecule is COCCCNc1cc(OCC(C)C)nc(C(C)(C)C)n1. The van der Waals surface area contributed by atoms with Gasteiger partial charge in [0.15, 0.2) is 0 Å². The molecule has 0 fully saturated rings. The molecule has 1 rings (SSSR count). The highest BCUT2D eigenvalue weighted by Gasteiger charge is 2.19. The Labute approximate surface area is 128 Å². The Kier molecular flexibility index (Phi) is 6.89. The summed E-state index contributed by atoms with van der Waals surface area (Å²) < 4.78 is 10.8. The summed E-state index contributed by atoms with van der Waals surface area (Å²) in [5.74, 6) is 2.71. The summed E-state index contributed by atoms with van der Waals surface area (Å²) in [4.78, 5) is 9.11. The van der Waals surface area contributed by atoms with Crippen LogP contribution in [0.25, 0.3) is 0 Å². The first-order chi connectivity index (χ1) is 9.82. The number of nitrogens with one attached hydrogen (secondary N) is 1. The maximum Gasteiger partial charge on any atom is 0.218 e. The van der Waals surface area contributed by atoms with E-state index in [0.29, 0.717) is 18.4 Å². The Morgan fingerprint density at radius 1 is 1.24 bits per heavy atom. The van der Waals surface area contributed by atoms with E-state index >= 15 is 0 Å². The number of hydrogen-bond acceptors (Lipinski definition) is 5. The molecular formula is C16H29N3O2. The fourth-order valence-corrected chi connectivity index (χ4v) is 1.61. The summed E-state index contributed by atoms with van der Waals surface area (Å²) in [6.07, 6.45) is 0.938. The van der Waals surface area contributed by atoms with Crippen molar-refractivity contribution in [2.24, 2.45) is 5.92 Å². The quantitative estimate of drug-likeness (QED) is 0.746. The van der Waals surface area contributed by atoms with Gasteiger partial charge in [-0.2, -0.15) is 4.98 Å². The van der Waals surface area contributed by atoms with Crippen LogP contribution in [0.2, 0.25) is 0 Å². The smallest absolute Gasteiger partial charge is 0.218 e. The molecule has 0 saturated carbocycles. The number of methoxy groups -OCH3 is 1. The second-order valence-corrected chi connectivity index (χ2v) is 6.64. The van der Waals surface area contributed by atoms with E-state index in [1.807, 2.05) is 6.07 Å². The van der Waals surface area contributed by atoms with Crippen LogP contribution in [0, 0.1) is 5.92 Å². The predicted octanol–water partition coefficient (Wildman–Crippen LogP) is 3.26. The van der Waals surface area contributed by atoms with Crippen molar-refractivity contribution in [1.29, 1.82) is 0 Å². The van der Waals surface area contributed by atoms with Crippen molar-refractivity contribution in [3.8, 4) is 5.88 Å². The molecule has 0 bridgehead atoms. The molecular weight excluding hydrogens is 266 g/mol. The number of anilines is 1. The molecule has 1 aromatic rings. The van der Waals surface area contributed by atoms with Gasteiger partial charge in [0.25, 0.3) is 0 Å². The summed E-state index contributed by atoms with van der Waals surface area (Å²) >= 11 is 0. The monoisotopic (exact) mass is 295 g/mol. The fourth-order valence-electron chi connectivity index (χ4n) is 1.61. The lowest BCUT2D eigenvalue weighted by Crippen LogP contribution is -2.19. The van der Waals surface area contributed by atoms with E-state index < -0.39 is 0 Å². The average molecular weight is 295 g/mol. The van der Waals surface area contributed by atoms with Gasteiger partial charge in [-0.15, -0.1) is 0 Å². The van der Waals surface area contributed by atoms with Crippen LogP contribution in [-0.2, 0) is 10.2 Å². The van der Waals surface area contributed by atoms with Gasteiger partial charge in [0.1, 0.15) is 11.6 Å². The topological polar surface area (TPSA) is 56.3 Å². The molecule has 5 heteroatoms. The Balaban J connectivity index is 2.82. The number of aromatic nitrogens is 2. The maximum atomic E-state index is 5.76. The number of rotatable bonds is 8. The van der Waals surface area contributed by atoms with Crippen LogP contribution in [0.15, 0.2) is 6.07 Å². The molecule has 1 aromatic heterocycles. The second-order valence-electron chi connectivity index (χ2n) is 6.64. The molecule has 0 aliphatic rings. The first-order valence-corrected chi connectivity index (χ1v) is 7.58. The van der Waals surface area contributed by atoms with Gasteiger partial charge in [-0.25, -0.2) is 4.98 Å². The van der Waals surface area contributed by atoms with E-state index in [1.165, 1.54) is 0 Å². The summed E-state index contributed by atoms with van der Waals surface area (Å²) in [7, 11) is 1.71. The first-order valence-electron chi connectivity index (χ1n) is 7.58. The van der Waals surface area contributed by atoms with Gasteiger partial charge in [-0.1, -0.05) is 34.6 Å². The van der Waals surface area contributed by atoms with Gasteiger partial charge in [-0.3, -0.25) is 0 Å². The summed E-state index contributed by atoms with van der Waals surface area (Å²) in [5, 5.41) is 3.31. The van der Waals surface area contributed by atoms with Crippen molar-refractivity contribution < 1.29 is 9.47 Å². The highest BCUT2D eigenvalue weighted by molar-refractivity contribution is 5.39. The van der Waals surface area contributed by atoms with Crippen LogP contribution in [0.3, 0.4) is 0 Å². The predicted molar refractivity (Wildman–Crippen MR) is 86.0 cm³/mol. The van der Waals surface area contributed by atoms with E-state index in [1.54, 1.807) is 7.11 Å². The molecule has 120 valence electrons. The van der Waals surface area contributed by atoms with Crippen molar-refractivity contribution in [3.63, 3.8) is 0 Å². The van der Waals surface area contributed by atoms with Crippen molar-refractivity contribution >= 4 is 5.82 Å². The molecule has 0 atom stereocenters. The van der Waals surface area contributed by atoms with Crippen LogP contribution < -0.4 is 10.1 Å². The Morgan fingerprint density at radius 2 is 1.95 bits per heavy atom. The van der Waals surface area contributed by atoms with Gasteiger partial charge in [0, 0.05) is 31.7 Å². The molecule has 1 N–H and O–H groups in total. The first kappa shape index (κ1) is 17.7. The van der Waals surface area contributed by atoms with Crippen LogP contribution in [0.1, 0.15) is 46.9 Å². The number of ether oxygens (including phenoxy) is 2. The number of hydrogen-bond donors (Lipinski definition) is 1. The molecule has 0 aliphatic heterocycles. The zero-order valence-electron chi connectivity index (χ0n) is 14.2. The summed E-state index contributed by atoms with van der Waals surface area (Å²) in [5.41, 5.74) is -0.111. The second kappa shape index (κ2) is 8.17. The van der Waals surface area contributed by atoms with Crippen molar-refractivity contribution in [2.45, 2.75) is 46.5 Å². The van der Waals surface area contributed by atoms with Gasteiger partial charge < -0.3 is 14.8 Å². The summed E-state index contributed by atoms with van der Waals surface area (Å²) in [6.45, 7) is 12.8. The van der Waals surface area contributed by atoms with Crippen LogP contribution in [0.5, 0.6) is 5.88 Å². The Hall–Kier alpha value is -1.36. The summed E-state index contributed by atoms with van der Waals surface area (Å²) in [6, 6.07) is 1.87. The minimum absolute atomic E-state index is 0.111. The van der Waals surface area contributed by atoms with Crippen LogP contribution in [0.4, 0.5) is 5.82 Å². The standard InChI is InChI=1S/C16H29N3O2/c1-12(2)11-21-14-10-13(17-8-7-9-20-6)18-15(19-14)16(3,4)5/h10,12H,7-9,11H2,1-6H3,(H,17,18,19). The van der Waals surface area contributed by atoms with E-state index in [9.17, 15) is 0 Å². The van der Waals surface area contributed by atoms with E-state index in [0.717, 1.165) is 31.2 Å². The zero-order valence-corrected chi connectivity index (χ0v) is 14.2. The van der Waals surface area contributed by atoms with Crippen molar-refractivity contribution in [3.05, 3.63) is 11.9 Å². The zero-order chi connectivity index (χ0) is 15.9. The third-order valence-corrected chi connectivity index (χ3v) is 2.77. The largest absolute Gasteiger partial charge is 0.477 e. The van der Waals surface area contributed by atoms with Crippen molar-refractivity contribution in [2.75, 3.05) is 32.2 Å². The van der Waals surface area contributed by atoms with Gasteiger partial charge in [0.05, 0.1) is 6.61 Å². The van der Waals surface area contributed by atoms with Crippen LogP contribution >= 0.6 is 0 Å². The Morgan fingerprint density at radius 3 is 2.52 bits per heavy atom. The molecule has 0 aromatic carbocycles.